The molecule has 0 aliphatic carbocycles. The molecule has 0 aliphatic rings. The van der Waals surface area contributed by atoms with Gasteiger partial charge in [0.15, 0.2) is 17.5 Å². The Labute approximate surface area is 330 Å². The van der Waals surface area contributed by atoms with E-state index in [0.29, 0.717) is 17.5 Å². The standard InChI is InChI=1S/C51H30N4OS/c1-3-12-31(13-4-1)49-52-50(32-14-5-2-6-15-32)54-51(53-49)35-23-26-46-40(30-35)39-28-33(22-25-45(39)56-46)34-24-27-47-41(29-34)38-18-11-21-44(48(38)57-47)55-42-19-9-7-16-36(42)37-17-8-10-20-43(37)55/h1-30H. The number of furan rings is 1. The van der Waals surface area contributed by atoms with Crippen LogP contribution < -0.4 is 0 Å². The van der Waals surface area contributed by atoms with Crippen molar-refractivity contribution in [2.24, 2.45) is 0 Å². The lowest BCUT2D eigenvalue weighted by Crippen LogP contribution is -2.00. The lowest BCUT2D eigenvalue weighted by atomic mass is 10.00. The fourth-order valence-electron chi connectivity index (χ4n) is 8.36. The highest BCUT2D eigenvalue weighted by atomic mass is 32.1. The quantitative estimate of drug-likeness (QED) is 0.176. The molecule has 0 spiro atoms. The number of benzene rings is 8. The molecule has 6 heteroatoms. The van der Waals surface area contributed by atoms with E-state index >= 15 is 0 Å². The normalized spacial score (nSPS) is 11.9. The SMILES string of the molecule is c1ccc(-c2nc(-c3ccccc3)nc(-c3ccc4oc5ccc(-c6ccc7sc8c(-n9c%10ccccc%10c%10ccccc%109)cccc8c7c6)cc5c4c3)n2)cc1. The third-order valence-electron chi connectivity index (χ3n) is 11.1. The zero-order valence-corrected chi connectivity index (χ0v) is 31.2. The smallest absolute Gasteiger partial charge is 0.164 e. The van der Waals surface area contributed by atoms with Crippen LogP contribution in [0.4, 0.5) is 0 Å². The Hall–Kier alpha value is -7.41. The van der Waals surface area contributed by atoms with Gasteiger partial charge in [-0.3, -0.25) is 0 Å². The second-order valence-corrected chi connectivity index (χ2v) is 15.5. The number of thiophene rings is 1. The van der Waals surface area contributed by atoms with Crippen molar-refractivity contribution in [1.29, 1.82) is 0 Å². The van der Waals surface area contributed by atoms with Crippen LogP contribution in [-0.4, -0.2) is 19.5 Å². The summed E-state index contributed by atoms with van der Waals surface area (Å²) in [6.07, 6.45) is 0. The molecule has 0 unspecified atom stereocenters. The van der Waals surface area contributed by atoms with Gasteiger partial charge in [0.1, 0.15) is 11.2 Å². The lowest BCUT2D eigenvalue weighted by molar-refractivity contribution is 0.669. The lowest BCUT2D eigenvalue weighted by Gasteiger charge is -2.09. The van der Waals surface area contributed by atoms with Gasteiger partial charge in [0.25, 0.3) is 0 Å². The minimum Gasteiger partial charge on any atom is -0.456 e. The number of hydrogen-bond acceptors (Lipinski definition) is 5. The first-order chi connectivity index (χ1) is 28.2. The Morgan fingerprint density at radius 1 is 0.368 bits per heavy atom. The largest absolute Gasteiger partial charge is 0.456 e. The molecule has 0 N–H and O–H groups in total. The van der Waals surface area contributed by atoms with Gasteiger partial charge in [-0.15, -0.1) is 11.3 Å². The van der Waals surface area contributed by atoms with Crippen molar-refractivity contribution in [3.8, 4) is 51.0 Å². The number of hydrogen-bond donors (Lipinski definition) is 0. The van der Waals surface area contributed by atoms with Crippen LogP contribution in [0.2, 0.25) is 0 Å². The molecular weight excluding hydrogens is 717 g/mol. The molecule has 266 valence electrons. The summed E-state index contributed by atoms with van der Waals surface area (Å²) < 4.78 is 11.4. The maximum absolute atomic E-state index is 6.39. The van der Waals surface area contributed by atoms with Crippen LogP contribution in [0.5, 0.6) is 0 Å². The molecule has 0 amide bonds. The van der Waals surface area contributed by atoms with E-state index in [-0.39, 0.29) is 0 Å². The predicted molar refractivity (Wildman–Crippen MR) is 236 cm³/mol. The first-order valence-corrected chi connectivity index (χ1v) is 19.8. The minimum atomic E-state index is 0.616. The second kappa shape index (κ2) is 12.6. The highest BCUT2D eigenvalue weighted by Gasteiger charge is 2.18. The summed E-state index contributed by atoms with van der Waals surface area (Å²) in [5.41, 5.74) is 10.4. The van der Waals surface area contributed by atoms with Crippen LogP contribution in [0.3, 0.4) is 0 Å². The summed E-state index contributed by atoms with van der Waals surface area (Å²) in [5, 5.41) is 7.12. The molecule has 8 aromatic carbocycles. The van der Waals surface area contributed by atoms with Crippen molar-refractivity contribution in [2.45, 2.75) is 0 Å². The number of rotatable bonds is 5. The average molecular weight is 747 g/mol. The Balaban J connectivity index is 0.981. The molecule has 0 radical (unpaired) electrons. The molecular formula is C51H30N4OS. The fourth-order valence-corrected chi connectivity index (χ4v) is 9.54. The molecule has 0 saturated heterocycles. The van der Waals surface area contributed by atoms with Gasteiger partial charge in [0.05, 0.1) is 21.4 Å². The topological polar surface area (TPSA) is 56.7 Å². The Kier molecular flexibility index (Phi) is 7.03. The van der Waals surface area contributed by atoms with Crippen LogP contribution >= 0.6 is 11.3 Å². The summed E-state index contributed by atoms with van der Waals surface area (Å²) in [7, 11) is 0. The van der Waals surface area contributed by atoms with Gasteiger partial charge in [-0.2, -0.15) is 0 Å². The molecule has 0 saturated carbocycles. The third kappa shape index (κ3) is 5.12. The Bertz CT molecular complexity index is 3420. The first kappa shape index (κ1) is 31.9. The molecule has 0 atom stereocenters. The van der Waals surface area contributed by atoms with E-state index in [2.05, 4.69) is 114 Å². The minimum absolute atomic E-state index is 0.616. The maximum atomic E-state index is 6.39. The average Bonchev–Trinajstić information content (AvgIpc) is 3.96. The molecule has 4 aromatic heterocycles. The second-order valence-electron chi connectivity index (χ2n) is 14.4. The van der Waals surface area contributed by atoms with Crippen LogP contribution in [0, 0.1) is 0 Å². The van der Waals surface area contributed by atoms with Crippen molar-refractivity contribution in [1.82, 2.24) is 19.5 Å². The van der Waals surface area contributed by atoms with Gasteiger partial charge in [-0.1, -0.05) is 121 Å². The molecule has 4 heterocycles. The van der Waals surface area contributed by atoms with Crippen molar-refractivity contribution in [3.05, 3.63) is 182 Å². The van der Waals surface area contributed by atoms with Crippen LogP contribution in [0.15, 0.2) is 186 Å². The fraction of sp³-hybridized carbons (Fsp3) is 0. The van der Waals surface area contributed by atoms with Crippen molar-refractivity contribution in [3.63, 3.8) is 0 Å². The zero-order chi connectivity index (χ0) is 37.5. The van der Waals surface area contributed by atoms with Crippen LogP contribution in [0.1, 0.15) is 0 Å². The molecule has 12 aromatic rings. The number of nitrogens with zero attached hydrogens (tertiary/aromatic N) is 4. The first-order valence-electron chi connectivity index (χ1n) is 19.0. The van der Waals surface area contributed by atoms with Crippen LogP contribution in [0.25, 0.3) is 115 Å². The van der Waals surface area contributed by atoms with Gasteiger partial charge in [-0.25, -0.2) is 15.0 Å². The van der Waals surface area contributed by atoms with Crippen molar-refractivity contribution >= 4 is 75.3 Å². The number of aromatic nitrogens is 4. The van der Waals surface area contributed by atoms with Gasteiger partial charge in [0.2, 0.25) is 0 Å². The van der Waals surface area contributed by atoms with E-state index in [0.717, 1.165) is 49.8 Å². The summed E-state index contributed by atoms with van der Waals surface area (Å²) >= 11 is 1.86. The summed E-state index contributed by atoms with van der Waals surface area (Å²) in [6.45, 7) is 0. The Morgan fingerprint density at radius 3 is 1.49 bits per heavy atom. The highest BCUT2D eigenvalue weighted by molar-refractivity contribution is 7.26. The van der Waals surface area contributed by atoms with E-state index in [1.807, 2.05) is 84.1 Å². The predicted octanol–water partition coefficient (Wildman–Crippen LogP) is 13.9. The summed E-state index contributed by atoms with van der Waals surface area (Å²) in [5.74, 6) is 1.89. The monoisotopic (exact) mass is 746 g/mol. The van der Waals surface area contributed by atoms with Gasteiger partial charge < -0.3 is 8.98 Å². The van der Waals surface area contributed by atoms with Gasteiger partial charge >= 0.3 is 0 Å². The summed E-state index contributed by atoms with van der Waals surface area (Å²) in [4.78, 5) is 14.9. The molecule has 0 bridgehead atoms. The third-order valence-corrected chi connectivity index (χ3v) is 12.3. The number of fused-ring (bicyclic) bond motifs is 9. The van der Waals surface area contributed by atoms with E-state index in [1.54, 1.807) is 0 Å². The maximum Gasteiger partial charge on any atom is 0.164 e. The van der Waals surface area contributed by atoms with Crippen molar-refractivity contribution in [2.75, 3.05) is 0 Å². The van der Waals surface area contributed by atoms with E-state index < -0.39 is 0 Å². The molecule has 12 rings (SSSR count). The zero-order valence-electron chi connectivity index (χ0n) is 30.4. The highest BCUT2D eigenvalue weighted by Crippen LogP contribution is 2.43. The van der Waals surface area contributed by atoms with E-state index in [9.17, 15) is 0 Å². The molecule has 0 aliphatic heterocycles. The van der Waals surface area contributed by atoms with Crippen molar-refractivity contribution < 1.29 is 4.42 Å². The summed E-state index contributed by atoms with van der Waals surface area (Å²) in [6, 6.07) is 63.9. The van der Waals surface area contributed by atoms with E-state index in [4.69, 9.17) is 19.4 Å². The molecule has 0 fully saturated rings. The Morgan fingerprint density at radius 2 is 0.860 bits per heavy atom. The van der Waals surface area contributed by atoms with E-state index in [1.165, 1.54) is 47.7 Å². The molecule has 5 nitrogen and oxygen atoms in total. The van der Waals surface area contributed by atoms with Crippen LogP contribution in [-0.2, 0) is 0 Å². The van der Waals surface area contributed by atoms with Gasteiger partial charge in [0, 0.05) is 53.7 Å². The number of para-hydroxylation sites is 2. The van der Waals surface area contributed by atoms with Gasteiger partial charge in [-0.05, 0) is 71.8 Å². The molecule has 57 heavy (non-hydrogen) atoms.